The summed E-state index contributed by atoms with van der Waals surface area (Å²) in [7, 11) is 1.65. The summed E-state index contributed by atoms with van der Waals surface area (Å²) in [4.78, 5) is 107. The molecule has 1 saturated carbocycles. The molecule has 2 heterocycles. The van der Waals surface area contributed by atoms with Crippen LogP contribution in [0.2, 0.25) is 0 Å². The molecule has 1 aliphatic carbocycles. The van der Waals surface area contributed by atoms with Gasteiger partial charge in [-0.1, -0.05) is 117 Å². The number of methoxy groups -OCH3 is 1. The molecule has 1 spiro atoms. The van der Waals surface area contributed by atoms with E-state index in [1.54, 1.807) is 21.0 Å². The van der Waals surface area contributed by atoms with Crippen molar-refractivity contribution >= 4 is 47.2 Å². The van der Waals surface area contributed by atoms with Crippen LogP contribution in [0.3, 0.4) is 0 Å². The highest BCUT2D eigenvalue weighted by molar-refractivity contribution is 5.95. The smallest absolute Gasteiger partial charge is 0.306 e. The first-order valence-corrected chi connectivity index (χ1v) is 30.7. The van der Waals surface area contributed by atoms with Gasteiger partial charge in [-0.2, -0.15) is 0 Å². The summed E-state index contributed by atoms with van der Waals surface area (Å²) in [6.07, 6.45) is 9.33. The average molecular weight is 1170 g/mol. The maximum Gasteiger partial charge on any atom is 0.306 e. The number of esters is 1. The number of benzene rings is 1. The Hall–Kier alpha value is -5.24. The van der Waals surface area contributed by atoms with Gasteiger partial charge < -0.3 is 56.0 Å². The monoisotopic (exact) mass is 1160 g/mol. The zero-order chi connectivity index (χ0) is 61.7. The Morgan fingerprint density at radius 3 is 2.04 bits per heavy atom. The van der Waals surface area contributed by atoms with Crippen LogP contribution in [0.4, 0.5) is 0 Å². The number of nitrogens with one attached hydrogen (secondary N) is 6. The number of ketones is 1. The molecule has 6 unspecified atom stereocenters. The van der Waals surface area contributed by atoms with Gasteiger partial charge in [-0.15, -0.1) is 0 Å². The standard InChI is InChI=1S/C64H104N6O13/c1-41(2)28-29-51-63(12,83-51)56-55(80-13)50(30-31-64(56)40-81-64)82-54(75)27-22-26-47(72)25-20-15-14-16-21-32-65-52(73)37-66-57(76)48(33-42(3)4)70-58(77)49(34-46-23-18-17-19-24-46)69-53(74)38-68-60(79)62(11,44(7)8)39-61(10,35-43(5)6)59(78)67-36-45(9)71/h17-19,23-24,28,42-45,48-51,55-56,71H,14-16,20-22,25-27,29-40H2,1-13H3,(H,65,73)(H,66,76)(H,67,78)(H,68,79)(H,69,74)(H,70,77)/t45?,48-,49-,50?,51+,55?,56?,61?,62?,63+,64-/m0/s1. The fourth-order valence-electron chi connectivity index (χ4n) is 12.0. The van der Waals surface area contributed by atoms with Gasteiger partial charge in [-0.25, -0.2) is 0 Å². The van der Waals surface area contributed by atoms with Crippen molar-refractivity contribution in [2.75, 3.05) is 39.9 Å². The maximum atomic E-state index is 14.1. The first kappa shape index (κ1) is 70.2. The second-order valence-corrected chi connectivity index (χ2v) is 26.0. The fourth-order valence-corrected chi connectivity index (χ4v) is 12.0. The molecule has 2 aliphatic heterocycles. The van der Waals surface area contributed by atoms with E-state index in [0.29, 0.717) is 51.7 Å². The molecular formula is C64H104N6O13. The summed E-state index contributed by atoms with van der Waals surface area (Å²) in [5, 5.41) is 26.5. The topological polar surface area (TPSA) is 272 Å². The summed E-state index contributed by atoms with van der Waals surface area (Å²) in [5.74, 6) is -3.27. The SMILES string of the molecule is COC1C(OC(=O)CCCC(=O)CCCCCCCNC(=O)CNC(=O)[C@H](CC(C)C)NC(=O)[C@H](Cc2ccccc2)NC(=O)CNC(=O)C(C)(CC(C)(CC(C)C)C(=O)NCC(C)O)C(C)C)CC[C@]2(CO2)C1[C@]1(C)O[C@@H]1CC=C(C)C. The van der Waals surface area contributed by atoms with Crippen molar-refractivity contribution < 1.29 is 62.4 Å². The summed E-state index contributed by atoms with van der Waals surface area (Å²) < 4.78 is 24.3. The van der Waals surface area contributed by atoms with Gasteiger partial charge in [0.1, 0.15) is 41.3 Å². The Labute approximate surface area is 495 Å². The molecule has 0 radical (unpaired) electrons. The van der Waals surface area contributed by atoms with E-state index in [2.05, 4.69) is 58.7 Å². The van der Waals surface area contributed by atoms with Crippen molar-refractivity contribution in [2.24, 2.45) is 34.5 Å². The van der Waals surface area contributed by atoms with Crippen molar-refractivity contribution in [3.8, 4) is 0 Å². The zero-order valence-corrected chi connectivity index (χ0v) is 52.4. The molecule has 11 atom stereocenters. The number of aliphatic hydroxyl groups excluding tert-OH is 1. The molecule has 7 N–H and O–H groups in total. The minimum atomic E-state index is -1.13. The lowest BCUT2D eigenvalue weighted by molar-refractivity contribution is -0.172. The number of aliphatic hydroxyl groups is 1. The molecule has 1 aromatic rings. The van der Waals surface area contributed by atoms with Crippen LogP contribution in [0.15, 0.2) is 42.0 Å². The summed E-state index contributed by atoms with van der Waals surface area (Å²) in [5.41, 5.74) is -0.775. The number of carbonyl (C=O) groups excluding carboxylic acids is 8. The highest BCUT2D eigenvalue weighted by Crippen LogP contribution is 2.59. The van der Waals surface area contributed by atoms with Crippen LogP contribution in [0.1, 0.15) is 185 Å². The van der Waals surface area contributed by atoms with Crippen molar-refractivity contribution in [3.05, 3.63) is 47.5 Å². The van der Waals surface area contributed by atoms with E-state index >= 15 is 0 Å². The summed E-state index contributed by atoms with van der Waals surface area (Å²) >= 11 is 0. The van der Waals surface area contributed by atoms with Crippen molar-refractivity contribution in [2.45, 2.75) is 234 Å². The lowest BCUT2D eigenvalue weighted by Gasteiger charge is -2.42. The molecule has 6 amide bonds. The third-order valence-corrected chi connectivity index (χ3v) is 16.9. The van der Waals surface area contributed by atoms with E-state index in [0.717, 1.165) is 44.1 Å². The van der Waals surface area contributed by atoms with Crippen LogP contribution in [-0.4, -0.2) is 140 Å². The molecule has 0 aromatic heterocycles. The number of rotatable bonds is 38. The Balaban J connectivity index is 1.16. The normalized spacial score (nSPS) is 23.4. The minimum absolute atomic E-state index is 0.0246. The summed E-state index contributed by atoms with van der Waals surface area (Å²) in [6.45, 7) is 23.4. The lowest BCUT2D eigenvalue weighted by atomic mass is 9.64. The van der Waals surface area contributed by atoms with Gasteiger partial charge in [0.15, 0.2) is 0 Å². The number of amides is 6. The fraction of sp³-hybridized carbons (Fsp3) is 0.750. The number of epoxide rings is 2. The number of hydrogen-bond acceptors (Lipinski definition) is 13. The molecule has 468 valence electrons. The van der Waals surface area contributed by atoms with Crippen LogP contribution in [0.25, 0.3) is 0 Å². The van der Waals surface area contributed by atoms with Gasteiger partial charge in [-0.05, 0) is 109 Å². The zero-order valence-electron chi connectivity index (χ0n) is 52.4. The second kappa shape index (κ2) is 32.9. The second-order valence-electron chi connectivity index (χ2n) is 26.0. The van der Waals surface area contributed by atoms with Crippen molar-refractivity contribution in [1.82, 2.24) is 31.9 Å². The Kier molecular flexibility index (Phi) is 27.8. The van der Waals surface area contributed by atoms with E-state index in [9.17, 15) is 43.5 Å². The molecule has 19 nitrogen and oxygen atoms in total. The van der Waals surface area contributed by atoms with Gasteiger partial charge in [-0.3, -0.25) is 38.4 Å². The molecule has 3 aliphatic rings. The maximum absolute atomic E-state index is 14.1. The minimum Gasteiger partial charge on any atom is -0.460 e. The van der Waals surface area contributed by atoms with Crippen LogP contribution in [-0.2, 0) is 63.7 Å². The van der Waals surface area contributed by atoms with E-state index in [4.69, 9.17) is 18.9 Å². The number of ether oxygens (including phenoxy) is 4. The van der Waals surface area contributed by atoms with Crippen molar-refractivity contribution in [1.29, 1.82) is 0 Å². The predicted octanol–water partition coefficient (Wildman–Crippen LogP) is 6.89. The highest BCUT2D eigenvalue weighted by atomic mass is 16.6. The predicted molar refractivity (Wildman–Crippen MR) is 318 cm³/mol. The van der Waals surface area contributed by atoms with Gasteiger partial charge >= 0.3 is 5.97 Å². The Morgan fingerprint density at radius 2 is 1.42 bits per heavy atom. The first-order valence-electron chi connectivity index (χ1n) is 30.7. The summed E-state index contributed by atoms with van der Waals surface area (Å²) in [6, 6.07) is 6.93. The molecule has 1 aromatic carbocycles. The molecule has 19 heteroatoms. The third-order valence-electron chi connectivity index (χ3n) is 16.9. The van der Waals surface area contributed by atoms with E-state index < -0.39 is 70.9 Å². The number of Topliss-reactive ketones (excluding diaryl/α,β-unsaturated/α-hetero) is 1. The highest BCUT2D eigenvalue weighted by Gasteiger charge is 2.72. The first-order chi connectivity index (χ1) is 39.1. The van der Waals surface area contributed by atoms with Crippen LogP contribution in [0, 0.1) is 34.5 Å². The number of allylic oxidation sites excluding steroid dienone is 1. The van der Waals surface area contributed by atoms with E-state index in [1.165, 1.54) is 5.57 Å². The van der Waals surface area contributed by atoms with Gasteiger partial charge in [0.05, 0.1) is 37.8 Å². The van der Waals surface area contributed by atoms with Crippen LogP contribution in [0.5, 0.6) is 0 Å². The van der Waals surface area contributed by atoms with E-state index in [-0.39, 0.29) is 104 Å². The van der Waals surface area contributed by atoms with E-state index in [1.807, 2.05) is 78.8 Å². The third kappa shape index (κ3) is 22.3. The van der Waals surface area contributed by atoms with Gasteiger partial charge in [0, 0.05) is 56.7 Å². The largest absolute Gasteiger partial charge is 0.460 e. The Bertz CT molecular complexity index is 2340. The van der Waals surface area contributed by atoms with Gasteiger partial charge in [0.25, 0.3) is 0 Å². The number of carbonyl (C=O) groups is 8. The Morgan fingerprint density at radius 1 is 0.771 bits per heavy atom. The molecule has 4 rings (SSSR count). The molecule has 2 saturated heterocycles. The molecule has 83 heavy (non-hydrogen) atoms. The van der Waals surface area contributed by atoms with Gasteiger partial charge in [0.2, 0.25) is 35.4 Å². The lowest BCUT2D eigenvalue weighted by Crippen LogP contribution is -2.56. The average Bonchev–Trinajstić information content (AvgIpc) is 1.65. The molecular weight excluding hydrogens is 1060 g/mol. The van der Waals surface area contributed by atoms with Crippen molar-refractivity contribution in [3.63, 3.8) is 0 Å². The molecule has 3 fully saturated rings. The van der Waals surface area contributed by atoms with Crippen LogP contribution < -0.4 is 31.9 Å². The molecule has 0 bridgehead atoms. The van der Waals surface area contributed by atoms with Crippen LogP contribution >= 0.6 is 0 Å². The number of hydrogen-bond donors (Lipinski definition) is 7. The number of unbranched alkanes of at least 4 members (excludes halogenated alkanes) is 4. The quantitative estimate of drug-likeness (QED) is 0.0154.